The third-order valence-electron chi connectivity index (χ3n) is 10.2. The van der Waals surface area contributed by atoms with Crippen LogP contribution in [-0.2, 0) is 38.5 Å². The Kier molecular flexibility index (Phi) is 8.52. The Morgan fingerprint density at radius 1 is 0.913 bits per heavy atom. The third-order valence-corrected chi connectivity index (χ3v) is 11.5. The van der Waals surface area contributed by atoms with Crippen molar-refractivity contribution in [3.8, 4) is 0 Å². The molecular formula is C30H31NaO14S. The molecule has 0 radical (unpaired) electrons. The van der Waals surface area contributed by atoms with Crippen molar-refractivity contribution < 1.29 is 95.9 Å². The summed E-state index contributed by atoms with van der Waals surface area (Å²) in [5, 5.41) is 32.3. The van der Waals surface area contributed by atoms with Crippen LogP contribution >= 0.6 is 0 Å². The van der Waals surface area contributed by atoms with Crippen LogP contribution in [0, 0.1) is 11.3 Å². The van der Waals surface area contributed by atoms with E-state index in [9.17, 15) is 37.9 Å². The number of aliphatic hydroxyl groups excluding tert-OH is 3. The van der Waals surface area contributed by atoms with E-state index in [0.29, 0.717) is 0 Å². The summed E-state index contributed by atoms with van der Waals surface area (Å²) in [7, 11) is -5.06. The Hall–Kier alpha value is -1.99. The summed E-state index contributed by atoms with van der Waals surface area (Å²) >= 11 is 0. The van der Waals surface area contributed by atoms with E-state index in [1.54, 1.807) is 36.4 Å². The second-order valence-electron chi connectivity index (χ2n) is 12.4. The van der Waals surface area contributed by atoms with Crippen molar-refractivity contribution in [2.75, 3.05) is 13.2 Å². The third kappa shape index (κ3) is 4.59. The van der Waals surface area contributed by atoms with E-state index < -0.39 is 106 Å². The van der Waals surface area contributed by atoms with E-state index in [2.05, 4.69) is 0 Å². The molecule has 0 amide bonds. The molecule has 0 aromatic heterocycles. The van der Waals surface area contributed by atoms with Gasteiger partial charge in [-0.15, -0.1) is 0 Å². The Balaban J connectivity index is 0.00000372. The Labute approximate surface area is 285 Å². The Bertz CT molecular complexity index is 1610. The maximum atomic E-state index is 13.0. The fourth-order valence-corrected chi connectivity index (χ4v) is 9.27. The maximum absolute atomic E-state index is 13.0. The number of esters is 2. The molecule has 3 saturated carbocycles. The molecule has 11 atom stereocenters. The number of carbonyl (C=O) groups is 2. The minimum Gasteiger partial charge on any atom is -0.746 e. The average Bonchev–Trinajstić information content (AvgIpc) is 3.23. The molecule has 4 heterocycles. The second-order valence-corrected chi connectivity index (χ2v) is 14.0. The van der Waals surface area contributed by atoms with Crippen LogP contribution in [0.3, 0.4) is 0 Å². The van der Waals surface area contributed by atoms with E-state index in [1.165, 1.54) is 31.2 Å². The van der Waals surface area contributed by atoms with E-state index in [-0.39, 0.29) is 47.1 Å². The van der Waals surface area contributed by atoms with Crippen LogP contribution in [0.15, 0.2) is 60.7 Å². The second kappa shape index (κ2) is 11.6. The molecule has 3 N–H and O–H groups in total. The number of hydrogen-bond acceptors (Lipinski definition) is 14. The largest absolute Gasteiger partial charge is 1.00 e. The van der Waals surface area contributed by atoms with Gasteiger partial charge in [-0.3, -0.25) is 0 Å². The minimum absolute atomic E-state index is 0. The van der Waals surface area contributed by atoms with Crippen molar-refractivity contribution in [1.29, 1.82) is 0 Å². The topological polar surface area (TPSA) is 207 Å². The van der Waals surface area contributed by atoms with Gasteiger partial charge in [0.05, 0.1) is 16.5 Å². The number of benzene rings is 2. The molecule has 6 bridgehead atoms. The zero-order valence-electron chi connectivity index (χ0n) is 24.9. The van der Waals surface area contributed by atoms with Crippen molar-refractivity contribution >= 4 is 22.1 Å². The first kappa shape index (κ1) is 33.9. The van der Waals surface area contributed by atoms with Crippen LogP contribution in [-0.4, -0.2) is 107 Å². The van der Waals surface area contributed by atoms with Crippen LogP contribution in [0.1, 0.15) is 40.5 Å². The summed E-state index contributed by atoms with van der Waals surface area (Å²) in [5.41, 5.74) is -4.07. The van der Waals surface area contributed by atoms with Gasteiger partial charge in [0.1, 0.15) is 58.9 Å². The molecule has 0 unspecified atom stereocenters. The van der Waals surface area contributed by atoms with E-state index >= 15 is 0 Å². The fourth-order valence-electron chi connectivity index (χ4n) is 7.97. The number of rotatable bonds is 9. The quantitative estimate of drug-likeness (QED) is 0.139. The number of aliphatic hydroxyl groups is 3. The smallest absolute Gasteiger partial charge is 0.746 e. The number of carbonyl (C=O) groups excluding carboxylic acids is 2. The molecule has 2 aromatic rings. The molecule has 4 aliphatic heterocycles. The van der Waals surface area contributed by atoms with Crippen LogP contribution < -0.4 is 29.6 Å². The molecule has 242 valence electrons. The molecule has 0 spiro atoms. The summed E-state index contributed by atoms with van der Waals surface area (Å²) in [6.45, 7) is 0.568. The van der Waals surface area contributed by atoms with Gasteiger partial charge in [0.25, 0.3) is 0 Å². The SMILES string of the molecule is C[C@@]12C[C@@]3(S(=O)(=O)[O-])O[C@@H](O1)[C@]1(COC(=O)c4ccccc4)[C@H]3C[C@@]12O[C@@H]1O[C@H](COC(=O)c2ccccc2)[C@@H](O)[C@H](O)[C@H]1O.[Na+]. The van der Waals surface area contributed by atoms with Crippen LogP contribution in [0.4, 0.5) is 0 Å². The molecule has 7 aliphatic rings. The fraction of sp³-hybridized carbons (Fsp3) is 0.533. The predicted molar refractivity (Wildman–Crippen MR) is 146 cm³/mol. The zero-order chi connectivity index (χ0) is 32.0. The van der Waals surface area contributed by atoms with Crippen LogP contribution in [0.2, 0.25) is 0 Å². The van der Waals surface area contributed by atoms with Crippen molar-refractivity contribution in [1.82, 2.24) is 0 Å². The van der Waals surface area contributed by atoms with Gasteiger partial charge in [0.15, 0.2) is 17.5 Å². The zero-order valence-corrected chi connectivity index (χ0v) is 27.7. The van der Waals surface area contributed by atoms with Gasteiger partial charge in [0.2, 0.25) is 0 Å². The summed E-state index contributed by atoms with van der Waals surface area (Å²) < 4.78 is 73.3. The molecule has 7 fully saturated rings. The minimum atomic E-state index is -5.06. The van der Waals surface area contributed by atoms with Crippen LogP contribution in [0.5, 0.6) is 0 Å². The van der Waals surface area contributed by atoms with Crippen LogP contribution in [0.25, 0.3) is 0 Å². The van der Waals surface area contributed by atoms with Gasteiger partial charge in [-0.1, -0.05) is 36.4 Å². The van der Waals surface area contributed by atoms with Gasteiger partial charge in [0, 0.05) is 12.3 Å². The van der Waals surface area contributed by atoms with Gasteiger partial charge in [-0.25, -0.2) is 18.0 Å². The number of ether oxygens (including phenoxy) is 6. The molecule has 16 heteroatoms. The molecule has 3 aliphatic carbocycles. The van der Waals surface area contributed by atoms with Crippen molar-refractivity contribution in [3.63, 3.8) is 0 Å². The van der Waals surface area contributed by atoms with Gasteiger partial charge in [-0.2, -0.15) is 0 Å². The predicted octanol–water partition coefficient (Wildman–Crippen LogP) is -2.94. The van der Waals surface area contributed by atoms with Crippen molar-refractivity contribution in [3.05, 3.63) is 71.8 Å². The van der Waals surface area contributed by atoms with Gasteiger partial charge >= 0.3 is 41.5 Å². The standard InChI is InChI=1S/C30H32O14S.Na/c1-27-14-29(45(36,37)38)19-12-30(27,28(19,26(43-27)44-29)15-40-24(35)17-10-6-3-7-11-17)42-25-22(33)21(32)20(31)18(41-25)13-39-23(34)16-8-4-2-5-9-16;/h2-11,18-22,25-26,31-33H,12-15H2,1H3,(H,36,37,38);/q;+1/p-1/t18-,19-,20-,21+,22-,25+,26-,27+,28+,29+,30+;/m1./s1. The number of hydrogen-bond donors (Lipinski definition) is 3. The van der Waals surface area contributed by atoms with Gasteiger partial charge < -0.3 is 48.3 Å². The summed E-state index contributed by atoms with van der Waals surface area (Å²) in [6, 6.07) is 16.1. The summed E-state index contributed by atoms with van der Waals surface area (Å²) in [6.07, 6.45) is -10.1. The first-order valence-electron chi connectivity index (χ1n) is 14.4. The first-order chi connectivity index (χ1) is 21.3. The average molecular weight is 671 g/mol. The maximum Gasteiger partial charge on any atom is 1.00 e. The summed E-state index contributed by atoms with van der Waals surface area (Å²) in [4.78, 5) is 23.3. The van der Waals surface area contributed by atoms with E-state index in [1.807, 2.05) is 0 Å². The van der Waals surface area contributed by atoms with E-state index in [4.69, 9.17) is 28.4 Å². The van der Waals surface area contributed by atoms with Crippen molar-refractivity contribution in [2.24, 2.45) is 11.3 Å². The van der Waals surface area contributed by atoms with Crippen molar-refractivity contribution in [2.45, 2.75) is 72.9 Å². The molecule has 4 saturated heterocycles. The monoisotopic (exact) mass is 670 g/mol. The molecule has 9 rings (SSSR count). The normalized spacial score (nSPS) is 41.7. The van der Waals surface area contributed by atoms with E-state index in [0.717, 1.165) is 0 Å². The Morgan fingerprint density at radius 3 is 2.09 bits per heavy atom. The molecule has 46 heavy (non-hydrogen) atoms. The first-order valence-corrected chi connectivity index (χ1v) is 15.8. The molecule has 14 nitrogen and oxygen atoms in total. The molecule has 2 aromatic carbocycles. The summed E-state index contributed by atoms with van der Waals surface area (Å²) in [5.74, 6) is -2.44. The Morgan fingerprint density at radius 2 is 1.50 bits per heavy atom. The molecular weight excluding hydrogens is 639 g/mol. The van der Waals surface area contributed by atoms with Gasteiger partial charge in [-0.05, 0) is 37.6 Å².